The monoisotopic (exact) mass is 158 g/mol. The highest BCUT2D eigenvalue weighted by Gasteiger charge is 2.41. The molecule has 0 bridgehead atoms. The number of ether oxygens (including phenoxy) is 1. The summed E-state index contributed by atoms with van der Waals surface area (Å²) in [5.74, 6) is 0.588. The molecule has 1 aliphatic heterocycles. The lowest BCUT2D eigenvalue weighted by atomic mass is 9.96. The fourth-order valence-electron chi connectivity index (χ4n) is 1.67. The molecule has 3 unspecified atom stereocenters. The Morgan fingerprint density at radius 3 is 2.55 bits per heavy atom. The maximum Gasteiger partial charge on any atom is 0.0870 e. The number of rotatable bonds is 5. The van der Waals surface area contributed by atoms with E-state index < -0.39 is 0 Å². The van der Waals surface area contributed by atoms with E-state index in [9.17, 15) is 0 Å². The molecule has 0 aliphatic carbocycles. The molecule has 3 atom stereocenters. The lowest BCUT2D eigenvalue weighted by Gasteiger charge is -2.08. The Labute approximate surface area is 68.6 Å². The summed E-state index contributed by atoms with van der Waals surface area (Å²) in [5.41, 5.74) is 0. The Balaban J connectivity index is 2.22. The van der Waals surface area contributed by atoms with Gasteiger partial charge in [0.25, 0.3) is 0 Å². The van der Waals surface area contributed by atoms with Gasteiger partial charge in [-0.3, -0.25) is 0 Å². The van der Waals surface area contributed by atoms with Crippen LogP contribution in [0.3, 0.4) is 0 Å². The summed E-state index contributed by atoms with van der Waals surface area (Å²) in [7, 11) is 0. The molecule has 1 N–H and O–H groups in total. The summed E-state index contributed by atoms with van der Waals surface area (Å²) < 4.78 is 5.46. The van der Waals surface area contributed by atoms with E-state index >= 15 is 0 Å². The molecule has 0 saturated carbocycles. The summed E-state index contributed by atoms with van der Waals surface area (Å²) in [6, 6.07) is 0. The predicted octanol–water partition coefficient (Wildman–Crippen LogP) is 1.57. The molecule has 1 aliphatic rings. The number of aliphatic hydroxyl groups is 1. The van der Waals surface area contributed by atoms with Crippen molar-refractivity contribution in [1.29, 1.82) is 0 Å². The lowest BCUT2D eigenvalue weighted by molar-refractivity contribution is 0.226. The molecule has 2 nitrogen and oxygen atoms in total. The van der Waals surface area contributed by atoms with Crippen LogP contribution in [0.15, 0.2) is 0 Å². The second kappa shape index (κ2) is 4.07. The first-order valence-electron chi connectivity index (χ1n) is 4.59. The SMILES string of the molecule is CCC(CCO)C1OC1CC. The van der Waals surface area contributed by atoms with Crippen LogP contribution in [0, 0.1) is 5.92 Å². The number of hydrogen-bond donors (Lipinski definition) is 1. The Morgan fingerprint density at radius 2 is 2.18 bits per heavy atom. The third-order valence-electron chi connectivity index (χ3n) is 2.51. The van der Waals surface area contributed by atoms with Gasteiger partial charge in [-0.2, -0.15) is 0 Å². The van der Waals surface area contributed by atoms with Gasteiger partial charge < -0.3 is 9.84 Å². The van der Waals surface area contributed by atoms with Crippen molar-refractivity contribution in [3.63, 3.8) is 0 Å². The lowest BCUT2D eigenvalue weighted by Crippen LogP contribution is -2.11. The fourth-order valence-corrected chi connectivity index (χ4v) is 1.67. The predicted molar refractivity (Wildman–Crippen MR) is 44.4 cm³/mol. The van der Waals surface area contributed by atoms with Crippen molar-refractivity contribution in [2.75, 3.05) is 6.61 Å². The molecule has 0 aromatic carbocycles. The van der Waals surface area contributed by atoms with Crippen LogP contribution in [0.2, 0.25) is 0 Å². The second-order valence-electron chi connectivity index (χ2n) is 3.23. The van der Waals surface area contributed by atoms with Crippen molar-refractivity contribution in [2.24, 2.45) is 5.92 Å². The van der Waals surface area contributed by atoms with Gasteiger partial charge in [-0.15, -0.1) is 0 Å². The molecule has 0 spiro atoms. The molecular formula is C9H18O2. The fraction of sp³-hybridized carbons (Fsp3) is 1.00. The number of aliphatic hydroxyl groups excluding tert-OH is 1. The van der Waals surface area contributed by atoms with E-state index in [0.717, 1.165) is 19.3 Å². The first-order valence-corrected chi connectivity index (χ1v) is 4.59. The highest BCUT2D eigenvalue weighted by Crippen LogP contribution is 2.34. The molecule has 11 heavy (non-hydrogen) atoms. The van der Waals surface area contributed by atoms with Crippen LogP contribution in [-0.4, -0.2) is 23.9 Å². The van der Waals surface area contributed by atoms with E-state index in [0.29, 0.717) is 24.7 Å². The molecule has 1 heterocycles. The zero-order chi connectivity index (χ0) is 8.27. The van der Waals surface area contributed by atoms with Gasteiger partial charge in [0.05, 0.1) is 12.2 Å². The van der Waals surface area contributed by atoms with E-state index in [1.165, 1.54) is 0 Å². The maximum absolute atomic E-state index is 8.75. The summed E-state index contributed by atoms with van der Waals surface area (Å²) in [6.45, 7) is 4.61. The molecule has 1 rings (SSSR count). The van der Waals surface area contributed by atoms with Crippen LogP contribution in [-0.2, 0) is 4.74 Å². The van der Waals surface area contributed by atoms with Crippen LogP contribution in [0.5, 0.6) is 0 Å². The Kier molecular flexibility index (Phi) is 3.34. The standard InChI is InChI=1S/C9H18O2/c1-3-7(5-6-10)9-8(4-2)11-9/h7-10H,3-6H2,1-2H3. The largest absolute Gasteiger partial charge is 0.396 e. The topological polar surface area (TPSA) is 32.8 Å². The van der Waals surface area contributed by atoms with E-state index in [-0.39, 0.29) is 0 Å². The van der Waals surface area contributed by atoms with E-state index in [1.807, 2.05) is 0 Å². The van der Waals surface area contributed by atoms with Crippen LogP contribution in [0.25, 0.3) is 0 Å². The first-order chi connectivity index (χ1) is 5.33. The van der Waals surface area contributed by atoms with Crippen molar-refractivity contribution in [2.45, 2.75) is 45.3 Å². The second-order valence-corrected chi connectivity index (χ2v) is 3.23. The quantitative estimate of drug-likeness (QED) is 0.616. The van der Waals surface area contributed by atoms with Gasteiger partial charge in [0, 0.05) is 6.61 Å². The molecule has 0 radical (unpaired) electrons. The summed E-state index contributed by atoms with van der Waals surface area (Å²) in [4.78, 5) is 0. The number of hydrogen-bond acceptors (Lipinski definition) is 2. The molecule has 2 heteroatoms. The van der Waals surface area contributed by atoms with Gasteiger partial charge in [0.2, 0.25) is 0 Å². The molecule has 0 aromatic heterocycles. The van der Waals surface area contributed by atoms with Gasteiger partial charge in [-0.05, 0) is 18.8 Å². The van der Waals surface area contributed by atoms with Crippen LogP contribution < -0.4 is 0 Å². The average Bonchev–Trinajstić information content (AvgIpc) is 2.79. The van der Waals surface area contributed by atoms with Gasteiger partial charge in [0.1, 0.15) is 0 Å². The summed E-state index contributed by atoms with van der Waals surface area (Å²) in [5, 5.41) is 8.75. The molecule has 66 valence electrons. The Morgan fingerprint density at radius 1 is 1.45 bits per heavy atom. The maximum atomic E-state index is 8.75. The van der Waals surface area contributed by atoms with E-state index in [2.05, 4.69) is 13.8 Å². The average molecular weight is 158 g/mol. The normalized spacial score (nSPS) is 31.9. The molecule has 0 amide bonds. The van der Waals surface area contributed by atoms with Crippen molar-refractivity contribution in [1.82, 2.24) is 0 Å². The summed E-state index contributed by atoms with van der Waals surface area (Å²) >= 11 is 0. The molecule has 0 aromatic rings. The smallest absolute Gasteiger partial charge is 0.0870 e. The highest BCUT2D eigenvalue weighted by molar-refractivity contribution is 4.88. The van der Waals surface area contributed by atoms with E-state index in [1.54, 1.807) is 0 Å². The van der Waals surface area contributed by atoms with Crippen molar-refractivity contribution < 1.29 is 9.84 Å². The van der Waals surface area contributed by atoms with Crippen molar-refractivity contribution in [3.05, 3.63) is 0 Å². The zero-order valence-corrected chi connectivity index (χ0v) is 7.42. The minimum absolute atomic E-state index is 0.300. The van der Waals surface area contributed by atoms with Crippen LogP contribution >= 0.6 is 0 Å². The van der Waals surface area contributed by atoms with Gasteiger partial charge in [-0.1, -0.05) is 20.3 Å². The Bertz CT molecular complexity index is 114. The van der Waals surface area contributed by atoms with Gasteiger partial charge in [-0.25, -0.2) is 0 Å². The Hall–Kier alpha value is -0.0800. The molecular weight excluding hydrogens is 140 g/mol. The van der Waals surface area contributed by atoms with E-state index in [4.69, 9.17) is 9.84 Å². The highest BCUT2D eigenvalue weighted by atomic mass is 16.6. The molecule has 1 saturated heterocycles. The van der Waals surface area contributed by atoms with Crippen LogP contribution in [0.4, 0.5) is 0 Å². The zero-order valence-electron chi connectivity index (χ0n) is 7.42. The van der Waals surface area contributed by atoms with Gasteiger partial charge in [0.15, 0.2) is 0 Å². The third-order valence-corrected chi connectivity index (χ3v) is 2.51. The minimum atomic E-state index is 0.300. The van der Waals surface area contributed by atoms with Crippen molar-refractivity contribution in [3.8, 4) is 0 Å². The first kappa shape index (κ1) is 9.01. The minimum Gasteiger partial charge on any atom is -0.396 e. The van der Waals surface area contributed by atoms with Gasteiger partial charge >= 0.3 is 0 Å². The third kappa shape index (κ3) is 2.17. The summed E-state index contributed by atoms with van der Waals surface area (Å²) in [6.07, 6.45) is 4.09. The molecule has 1 fully saturated rings. The number of epoxide rings is 1. The van der Waals surface area contributed by atoms with Crippen molar-refractivity contribution >= 4 is 0 Å². The van der Waals surface area contributed by atoms with Crippen LogP contribution in [0.1, 0.15) is 33.1 Å².